The summed E-state index contributed by atoms with van der Waals surface area (Å²) < 4.78 is 5.39. The van der Waals surface area contributed by atoms with E-state index in [0.29, 0.717) is 24.5 Å². The number of hydrogen-bond donors (Lipinski definition) is 1. The second-order valence-corrected chi connectivity index (χ2v) is 5.05. The highest BCUT2D eigenvalue weighted by atomic mass is 32.1. The molecular formula is C13H19N5OS. The monoisotopic (exact) mass is 293 g/mol. The Morgan fingerprint density at radius 3 is 2.75 bits per heavy atom. The molecule has 7 heteroatoms. The third-order valence-electron chi connectivity index (χ3n) is 2.69. The van der Waals surface area contributed by atoms with Gasteiger partial charge in [-0.1, -0.05) is 6.07 Å². The highest BCUT2D eigenvalue weighted by molar-refractivity contribution is 7.09. The zero-order valence-electron chi connectivity index (χ0n) is 12.0. The predicted octanol–water partition coefficient (Wildman–Crippen LogP) is 2.40. The molecule has 0 atom stereocenters. The minimum Gasteiger partial charge on any atom is -0.464 e. The van der Waals surface area contributed by atoms with Gasteiger partial charge < -0.3 is 15.0 Å². The van der Waals surface area contributed by atoms with E-state index in [1.165, 1.54) is 4.88 Å². The Bertz CT molecular complexity index is 532. The van der Waals surface area contributed by atoms with Gasteiger partial charge in [0.2, 0.25) is 11.9 Å². The van der Waals surface area contributed by atoms with E-state index in [-0.39, 0.29) is 0 Å². The lowest BCUT2D eigenvalue weighted by molar-refractivity contribution is 0.312. The number of rotatable bonds is 7. The third-order valence-corrected chi connectivity index (χ3v) is 3.55. The van der Waals surface area contributed by atoms with Gasteiger partial charge in [-0.15, -0.1) is 11.3 Å². The van der Waals surface area contributed by atoms with Crippen LogP contribution in [0.5, 0.6) is 6.01 Å². The first-order valence-electron chi connectivity index (χ1n) is 6.60. The van der Waals surface area contributed by atoms with E-state index in [9.17, 15) is 0 Å². The highest BCUT2D eigenvalue weighted by Gasteiger charge is 2.13. The zero-order valence-corrected chi connectivity index (χ0v) is 12.8. The van der Waals surface area contributed by atoms with Crippen LogP contribution < -0.4 is 15.0 Å². The SMILES string of the molecule is CCOc1nc(NC)nc(N(CC)Cc2cccs2)n1. The number of nitrogens with one attached hydrogen (secondary N) is 1. The zero-order chi connectivity index (χ0) is 14.4. The quantitative estimate of drug-likeness (QED) is 0.845. The fourth-order valence-corrected chi connectivity index (χ4v) is 2.43. The number of nitrogens with zero attached hydrogens (tertiary/aromatic N) is 4. The van der Waals surface area contributed by atoms with Crippen LogP contribution in [0.15, 0.2) is 17.5 Å². The van der Waals surface area contributed by atoms with Crippen LogP contribution >= 0.6 is 11.3 Å². The molecule has 1 N–H and O–H groups in total. The van der Waals surface area contributed by atoms with Crippen LogP contribution in [0.3, 0.4) is 0 Å². The van der Waals surface area contributed by atoms with Gasteiger partial charge in [0.1, 0.15) is 0 Å². The largest absolute Gasteiger partial charge is 0.464 e. The molecule has 2 aromatic rings. The summed E-state index contributed by atoms with van der Waals surface area (Å²) in [5.74, 6) is 1.15. The third kappa shape index (κ3) is 3.57. The molecule has 0 fully saturated rings. The van der Waals surface area contributed by atoms with Crippen LogP contribution in [-0.4, -0.2) is 35.2 Å². The first-order valence-corrected chi connectivity index (χ1v) is 7.48. The second kappa shape index (κ2) is 7.04. The van der Waals surface area contributed by atoms with Crippen molar-refractivity contribution in [2.45, 2.75) is 20.4 Å². The Balaban J connectivity index is 2.25. The molecular weight excluding hydrogens is 274 g/mol. The minimum absolute atomic E-state index is 0.353. The number of anilines is 2. The van der Waals surface area contributed by atoms with Crippen molar-refractivity contribution in [1.82, 2.24) is 15.0 Å². The maximum Gasteiger partial charge on any atom is 0.323 e. The maximum atomic E-state index is 5.39. The van der Waals surface area contributed by atoms with Crippen molar-refractivity contribution >= 4 is 23.2 Å². The normalized spacial score (nSPS) is 10.3. The first-order chi connectivity index (χ1) is 9.76. The van der Waals surface area contributed by atoms with Gasteiger partial charge in [0.05, 0.1) is 13.2 Å². The van der Waals surface area contributed by atoms with Crippen LogP contribution in [0.4, 0.5) is 11.9 Å². The molecule has 0 unspecified atom stereocenters. The van der Waals surface area contributed by atoms with E-state index in [1.54, 1.807) is 18.4 Å². The fraction of sp³-hybridized carbons (Fsp3) is 0.462. The van der Waals surface area contributed by atoms with Gasteiger partial charge in [-0.2, -0.15) is 15.0 Å². The minimum atomic E-state index is 0.353. The van der Waals surface area contributed by atoms with Crippen LogP contribution in [0.2, 0.25) is 0 Å². The molecule has 0 aliphatic rings. The van der Waals surface area contributed by atoms with Gasteiger partial charge in [0.15, 0.2) is 0 Å². The van der Waals surface area contributed by atoms with Gasteiger partial charge in [-0.25, -0.2) is 0 Å². The molecule has 0 amide bonds. The molecule has 0 aliphatic carbocycles. The van der Waals surface area contributed by atoms with E-state index >= 15 is 0 Å². The van der Waals surface area contributed by atoms with E-state index in [1.807, 2.05) is 13.0 Å². The fourth-order valence-electron chi connectivity index (χ4n) is 1.71. The summed E-state index contributed by atoms with van der Waals surface area (Å²) in [6, 6.07) is 4.51. The molecule has 2 rings (SSSR count). The van der Waals surface area contributed by atoms with Crippen LogP contribution in [0, 0.1) is 0 Å². The van der Waals surface area contributed by atoms with Crippen LogP contribution in [-0.2, 0) is 6.54 Å². The Morgan fingerprint density at radius 2 is 2.15 bits per heavy atom. The topological polar surface area (TPSA) is 63.2 Å². The molecule has 0 aliphatic heterocycles. The van der Waals surface area contributed by atoms with Gasteiger partial charge in [-0.05, 0) is 25.3 Å². The van der Waals surface area contributed by atoms with Crippen molar-refractivity contribution < 1.29 is 4.74 Å². The molecule has 108 valence electrons. The average molecular weight is 293 g/mol. The van der Waals surface area contributed by atoms with E-state index in [4.69, 9.17) is 4.74 Å². The van der Waals surface area contributed by atoms with Crippen molar-refractivity contribution in [2.24, 2.45) is 0 Å². The van der Waals surface area contributed by atoms with E-state index < -0.39 is 0 Å². The molecule has 0 saturated heterocycles. The lowest BCUT2D eigenvalue weighted by Crippen LogP contribution is -2.24. The summed E-state index contributed by atoms with van der Waals surface area (Å²) in [4.78, 5) is 16.3. The van der Waals surface area contributed by atoms with E-state index in [2.05, 4.69) is 43.5 Å². The molecule has 0 radical (unpaired) electrons. The molecule has 0 spiro atoms. The van der Waals surface area contributed by atoms with Gasteiger partial charge >= 0.3 is 6.01 Å². The van der Waals surface area contributed by atoms with E-state index in [0.717, 1.165) is 13.1 Å². The molecule has 6 nitrogen and oxygen atoms in total. The summed E-state index contributed by atoms with van der Waals surface area (Å²) in [6.45, 7) is 6.12. The summed E-state index contributed by atoms with van der Waals surface area (Å²) >= 11 is 1.73. The molecule has 0 bridgehead atoms. The summed E-state index contributed by atoms with van der Waals surface area (Å²) in [5, 5.41) is 5.01. The Morgan fingerprint density at radius 1 is 1.30 bits per heavy atom. The number of ether oxygens (including phenoxy) is 1. The lowest BCUT2D eigenvalue weighted by Gasteiger charge is -2.20. The van der Waals surface area contributed by atoms with Crippen molar-refractivity contribution in [3.63, 3.8) is 0 Å². The molecule has 2 heterocycles. The van der Waals surface area contributed by atoms with Crippen molar-refractivity contribution in [3.05, 3.63) is 22.4 Å². The smallest absolute Gasteiger partial charge is 0.323 e. The lowest BCUT2D eigenvalue weighted by atomic mass is 10.4. The molecule has 20 heavy (non-hydrogen) atoms. The van der Waals surface area contributed by atoms with Crippen LogP contribution in [0.25, 0.3) is 0 Å². The van der Waals surface area contributed by atoms with Gasteiger partial charge in [0, 0.05) is 18.5 Å². The number of aromatic nitrogens is 3. The Kier molecular flexibility index (Phi) is 5.11. The predicted molar refractivity (Wildman–Crippen MR) is 81.6 cm³/mol. The first kappa shape index (κ1) is 14.5. The second-order valence-electron chi connectivity index (χ2n) is 4.02. The van der Waals surface area contributed by atoms with Crippen molar-refractivity contribution in [3.8, 4) is 6.01 Å². The average Bonchev–Trinajstić information content (AvgIpc) is 2.97. The van der Waals surface area contributed by atoms with Gasteiger partial charge in [-0.3, -0.25) is 0 Å². The maximum absolute atomic E-state index is 5.39. The van der Waals surface area contributed by atoms with Crippen LogP contribution in [0.1, 0.15) is 18.7 Å². The van der Waals surface area contributed by atoms with Gasteiger partial charge in [0.25, 0.3) is 0 Å². The molecule has 0 saturated carbocycles. The van der Waals surface area contributed by atoms with Crippen molar-refractivity contribution in [2.75, 3.05) is 30.4 Å². The summed E-state index contributed by atoms with van der Waals surface area (Å²) in [5.41, 5.74) is 0. The Labute approximate surface area is 122 Å². The summed E-state index contributed by atoms with van der Waals surface area (Å²) in [6.07, 6.45) is 0. The number of thiophene rings is 1. The molecule has 0 aromatic carbocycles. The van der Waals surface area contributed by atoms with Crippen molar-refractivity contribution in [1.29, 1.82) is 0 Å². The highest BCUT2D eigenvalue weighted by Crippen LogP contribution is 2.19. The summed E-state index contributed by atoms with van der Waals surface area (Å²) in [7, 11) is 1.78. The Hall–Kier alpha value is -1.89. The number of hydrogen-bond acceptors (Lipinski definition) is 7. The molecule has 2 aromatic heterocycles. The standard InChI is InChI=1S/C13H19N5OS/c1-4-18(9-10-7-6-8-20-10)12-15-11(14-3)16-13(17-12)19-5-2/h6-8H,4-5,9H2,1-3H3,(H,14,15,16,17).